The molecule has 0 aliphatic carbocycles. The van der Waals surface area contributed by atoms with Crippen molar-refractivity contribution in [3.05, 3.63) is 30.5 Å². The van der Waals surface area contributed by atoms with E-state index in [1.54, 1.807) is 4.68 Å². The molecule has 2 aromatic rings. The molecule has 19 heavy (non-hydrogen) atoms. The van der Waals surface area contributed by atoms with Gasteiger partial charge in [-0.05, 0) is 13.0 Å². The van der Waals surface area contributed by atoms with Crippen LogP contribution in [0, 0.1) is 0 Å². The van der Waals surface area contributed by atoms with E-state index in [0.717, 1.165) is 30.5 Å². The molecule has 1 aliphatic rings. The average Bonchev–Trinajstić information content (AvgIpc) is 2.81. The van der Waals surface area contributed by atoms with Crippen molar-refractivity contribution in [2.45, 2.75) is 19.5 Å². The van der Waals surface area contributed by atoms with Gasteiger partial charge >= 0.3 is 0 Å². The first-order chi connectivity index (χ1) is 9.24. The van der Waals surface area contributed by atoms with E-state index in [-0.39, 0.29) is 11.9 Å². The maximum Gasteiger partial charge on any atom is 0.244 e. The monoisotopic (exact) mass is 258 g/mol. The predicted octanol–water partition coefficient (Wildman–Crippen LogP) is 0.857. The second-order valence-corrected chi connectivity index (χ2v) is 5.03. The van der Waals surface area contributed by atoms with E-state index in [1.165, 1.54) is 0 Å². The highest BCUT2D eigenvalue weighted by Gasteiger charge is 2.23. The van der Waals surface area contributed by atoms with Crippen molar-refractivity contribution in [2.24, 2.45) is 0 Å². The Balaban J connectivity index is 1.75. The lowest BCUT2D eigenvalue weighted by Gasteiger charge is -2.33. The summed E-state index contributed by atoms with van der Waals surface area (Å²) >= 11 is 0. The molecule has 1 amide bonds. The molecule has 0 spiro atoms. The molecule has 5 nitrogen and oxygen atoms in total. The zero-order chi connectivity index (χ0) is 13.2. The standard InChI is InChI=1S/C14H18N4O/c1-11-8-15-6-7-18(11)14(19)10-17-9-12-4-2-3-5-13(12)16-17/h2-5,9,11,15H,6-8,10H2,1H3/t11-/m1/s1. The average molecular weight is 258 g/mol. The molecular formula is C14H18N4O. The summed E-state index contributed by atoms with van der Waals surface area (Å²) in [7, 11) is 0. The van der Waals surface area contributed by atoms with E-state index < -0.39 is 0 Å². The van der Waals surface area contributed by atoms with E-state index in [0.29, 0.717) is 6.54 Å². The van der Waals surface area contributed by atoms with Crippen LogP contribution in [0.2, 0.25) is 0 Å². The van der Waals surface area contributed by atoms with Crippen molar-refractivity contribution >= 4 is 16.8 Å². The van der Waals surface area contributed by atoms with Crippen LogP contribution in [0.3, 0.4) is 0 Å². The molecular weight excluding hydrogens is 240 g/mol. The Morgan fingerprint density at radius 3 is 3.11 bits per heavy atom. The maximum absolute atomic E-state index is 12.3. The van der Waals surface area contributed by atoms with Gasteiger partial charge in [0.1, 0.15) is 6.54 Å². The molecule has 100 valence electrons. The molecule has 3 rings (SSSR count). The van der Waals surface area contributed by atoms with Crippen LogP contribution >= 0.6 is 0 Å². The number of nitrogens with zero attached hydrogens (tertiary/aromatic N) is 3. The molecule has 1 fully saturated rings. The third kappa shape index (κ3) is 2.46. The van der Waals surface area contributed by atoms with Gasteiger partial charge in [0.2, 0.25) is 5.91 Å². The van der Waals surface area contributed by atoms with Gasteiger partial charge in [-0.1, -0.05) is 18.2 Å². The first-order valence-corrected chi connectivity index (χ1v) is 6.66. The number of benzene rings is 1. The van der Waals surface area contributed by atoms with Crippen LogP contribution in [0.5, 0.6) is 0 Å². The SMILES string of the molecule is C[C@@H]1CNCCN1C(=O)Cn1cc2ccccc2n1. The Labute approximate surface area is 112 Å². The Morgan fingerprint density at radius 1 is 1.47 bits per heavy atom. The summed E-state index contributed by atoms with van der Waals surface area (Å²) in [6.45, 7) is 4.91. The number of nitrogens with one attached hydrogen (secondary N) is 1. The van der Waals surface area contributed by atoms with Crippen molar-refractivity contribution in [1.29, 1.82) is 0 Å². The lowest BCUT2D eigenvalue weighted by Crippen LogP contribution is -2.53. The minimum Gasteiger partial charge on any atom is -0.336 e. The van der Waals surface area contributed by atoms with Gasteiger partial charge in [-0.2, -0.15) is 5.10 Å². The molecule has 0 saturated carbocycles. The summed E-state index contributed by atoms with van der Waals surface area (Å²) in [5.74, 6) is 0.141. The Kier molecular flexibility index (Phi) is 3.21. The van der Waals surface area contributed by atoms with Crippen molar-refractivity contribution in [1.82, 2.24) is 20.0 Å². The van der Waals surface area contributed by atoms with Gasteiger partial charge < -0.3 is 10.2 Å². The van der Waals surface area contributed by atoms with Crippen LogP contribution in [0.1, 0.15) is 6.92 Å². The summed E-state index contributed by atoms with van der Waals surface area (Å²) in [5.41, 5.74) is 0.934. The van der Waals surface area contributed by atoms with Crippen LogP contribution in [0.15, 0.2) is 30.5 Å². The fourth-order valence-corrected chi connectivity index (χ4v) is 2.54. The smallest absolute Gasteiger partial charge is 0.244 e. The third-order valence-corrected chi connectivity index (χ3v) is 3.58. The fourth-order valence-electron chi connectivity index (χ4n) is 2.54. The molecule has 0 unspecified atom stereocenters. The van der Waals surface area contributed by atoms with Crippen LogP contribution in [0.25, 0.3) is 10.9 Å². The second kappa shape index (κ2) is 5.01. The summed E-state index contributed by atoms with van der Waals surface area (Å²) < 4.78 is 1.74. The number of rotatable bonds is 2. The van der Waals surface area contributed by atoms with Gasteiger partial charge in [0.15, 0.2) is 0 Å². The minimum atomic E-state index is 0.141. The molecule has 1 aromatic heterocycles. The van der Waals surface area contributed by atoms with E-state index in [1.807, 2.05) is 35.4 Å². The fraction of sp³-hybridized carbons (Fsp3) is 0.429. The van der Waals surface area contributed by atoms with Gasteiger partial charge in [0, 0.05) is 37.3 Å². The summed E-state index contributed by atoms with van der Waals surface area (Å²) in [6, 6.07) is 8.17. The number of hydrogen-bond donors (Lipinski definition) is 1. The second-order valence-electron chi connectivity index (χ2n) is 5.03. The molecule has 5 heteroatoms. The molecule has 1 aromatic carbocycles. The number of carbonyl (C=O) groups is 1. The van der Waals surface area contributed by atoms with Crippen molar-refractivity contribution < 1.29 is 4.79 Å². The highest BCUT2D eigenvalue weighted by molar-refractivity contribution is 5.80. The van der Waals surface area contributed by atoms with Crippen LogP contribution in [-0.4, -0.2) is 46.3 Å². The topological polar surface area (TPSA) is 50.2 Å². The molecule has 0 radical (unpaired) electrons. The van der Waals surface area contributed by atoms with Crippen LogP contribution < -0.4 is 5.32 Å². The minimum absolute atomic E-state index is 0.141. The van der Waals surface area contributed by atoms with Crippen molar-refractivity contribution in [3.8, 4) is 0 Å². The van der Waals surface area contributed by atoms with E-state index in [9.17, 15) is 4.79 Å². The number of carbonyl (C=O) groups excluding carboxylic acids is 1. The quantitative estimate of drug-likeness (QED) is 0.869. The van der Waals surface area contributed by atoms with Crippen molar-refractivity contribution in [2.75, 3.05) is 19.6 Å². The number of hydrogen-bond acceptors (Lipinski definition) is 3. The molecule has 2 heterocycles. The highest BCUT2D eigenvalue weighted by atomic mass is 16.2. The molecule has 1 atom stereocenters. The number of fused-ring (bicyclic) bond motifs is 1. The van der Waals surface area contributed by atoms with Crippen LogP contribution in [-0.2, 0) is 11.3 Å². The number of aromatic nitrogens is 2. The van der Waals surface area contributed by atoms with Gasteiger partial charge in [-0.25, -0.2) is 0 Å². The van der Waals surface area contributed by atoms with Gasteiger partial charge in [-0.15, -0.1) is 0 Å². The van der Waals surface area contributed by atoms with Gasteiger partial charge in [0.25, 0.3) is 0 Å². The Morgan fingerprint density at radius 2 is 2.32 bits per heavy atom. The Hall–Kier alpha value is -1.88. The first kappa shape index (κ1) is 12.2. The van der Waals surface area contributed by atoms with Gasteiger partial charge in [-0.3, -0.25) is 9.48 Å². The number of amides is 1. The summed E-state index contributed by atoms with van der Waals surface area (Å²) in [6.07, 6.45) is 1.93. The zero-order valence-corrected chi connectivity index (χ0v) is 11.0. The lowest BCUT2D eigenvalue weighted by molar-refractivity contribution is -0.134. The Bertz CT molecular complexity index is 559. The van der Waals surface area contributed by atoms with E-state index in [4.69, 9.17) is 0 Å². The zero-order valence-electron chi connectivity index (χ0n) is 11.0. The van der Waals surface area contributed by atoms with E-state index in [2.05, 4.69) is 17.3 Å². The maximum atomic E-state index is 12.3. The molecule has 1 N–H and O–H groups in total. The highest BCUT2D eigenvalue weighted by Crippen LogP contribution is 2.11. The lowest BCUT2D eigenvalue weighted by atomic mass is 10.2. The first-order valence-electron chi connectivity index (χ1n) is 6.66. The number of piperazine rings is 1. The molecule has 1 aliphatic heterocycles. The summed E-state index contributed by atoms with van der Waals surface area (Å²) in [5, 5.41) is 8.79. The van der Waals surface area contributed by atoms with E-state index >= 15 is 0 Å². The largest absolute Gasteiger partial charge is 0.336 e. The van der Waals surface area contributed by atoms with Crippen LogP contribution in [0.4, 0.5) is 0 Å². The van der Waals surface area contributed by atoms with Crippen molar-refractivity contribution in [3.63, 3.8) is 0 Å². The van der Waals surface area contributed by atoms with Gasteiger partial charge in [0.05, 0.1) is 5.52 Å². The normalized spacial score (nSPS) is 19.8. The third-order valence-electron chi connectivity index (χ3n) is 3.58. The summed E-state index contributed by atoms with van der Waals surface area (Å²) in [4.78, 5) is 14.2. The molecule has 0 bridgehead atoms. The predicted molar refractivity (Wildman–Crippen MR) is 73.8 cm³/mol. The molecule has 1 saturated heterocycles.